The maximum Gasteiger partial charge on any atom is 0.228 e. The van der Waals surface area contributed by atoms with Crippen LogP contribution in [0.5, 0.6) is 5.75 Å². The van der Waals surface area contributed by atoms with Crippen molar-refractivity contribution in [3.8, 4) is 5.75 Å². The lowest BCUT2D eigenvalue weighted by atomic mass is 10.3. The van der Waals surface area contributed by atoms with Gasteiger partial charge in [-0.15, -0.1) is 0 Å². The van der Waals surface area contributed by atoms with Crippen molar-refractivity contribution in [1.29, 1.82) is 0 Å². The fourth-order valence-electron chi connectivity index (χ4n) is 1.77. The molecule has 3 N–H and O–H groups in total. The standard InChI is InChI=1S/C15H18N4OS/c1-9(2)20-12-6-4-11(5-7-12)18-15-17-10(3)8-13(19-15)14(16)21/h4-9H,1-3H3,(H2,16,21)(H,17,18,19). The minimum absolute atomic E-state index is 0.150. The van der Waals surface area contributed by atoms with E-state index in [9.17, 15) is 0 Å². The monoisotopic (exact) mass is 302 g/mol. The number of nitrogens with two attached hydrogens (primary N) is 1. The SMILES string of the molecule is Cc1cc(C(N)=S)nc(Nc2ccc(OC(C)C)cc2)n1. The second-order valence-corrected chi connectivity index (χ2v) is 5.34. The molecule has 5 nitrogen and oxygen atoms in total. The number of thiocarbonyl (C=S) groups is 1. The molecule has 1 aromatic carbocycles. The van der Waals surface area contributed by atoms with Gasteiger partial charge in [0.1, 0.15) is 16.4 Å². The molecule has 1 aromatic heterocycles. The van der Waals surface area contributed by atoms with Gasteiger partial charge in [0.15, 0.2) is 0 Å². The molecule has 0 aliphatic carbocycles. The Bertz CT molecular complexity index is 641. The molecule has 110 valence electrons. The lowest BCUT2D eigenvalue weighted by Gasteiger charge is -2.11. The summed E-state index contributed by atoms with van der Waals surface area (Å²) in [6.07, 6.45) is 0.150. The number of ether oxygens (including phenoxy) is 1. The van der Waals surface area contributed by atoms with Crippen molar-refractivity contribution in [1.82, 2.24) is 9.97 Å². The molecule has 0 amide bonds. The van der Waals surface area contributed by atoms with Gasteiger partial charge in [-0.25, -0.2) is 9.97 Å². The van der Waals surface area contributed by atoms with Crippen LogP contribution in [0.2, 0.25) is 0 Å². The van der Waals surface area contributed by atoms with Gasteiger partial charge in [-0.2, -0.15) is 0 Å². The lowest BCUT2D eigenvalue weighted by Crippen LogP contribution is -2.13. The van der Waals surface area contributed by atoms with Crippen LogP contribution >= 0.6 is 12.2 Å². The van der Waals surface area contributed by atoms with Crippen LogP contribution in [0.4, 0.5) is 11.6 Å². The minimum Gasteiger partial charge on any atom is -0.491 e. The van der Waals surface area contributed by atoms with Gasteiger partial charge in [0.25, 0.3) is 0 Å². The third kappa shape index (κ3) is 4.39. The van der Waals surface area contributed by atoms with Crippen LogP contribution in [0, 0.1) is 6.92 Å². The quantitative estimate of drug-likeness (QED) is 0.827. The zero-order chi connectivity index (χ0) is 15.4. The van der Waals surface area contributed by atoms with Gasteiger partial charge in [0.2, 0.25) is 5.95 Å². The summed E-state index contributed by atoms with van der Waals surface area (Å²) in [7, 11) is 0. The number of anilines is 2. The Morgan fingerprint density at radius 3 is 2.48 bits per heavy atom. The van der Waals surface area contributed by atoms with Crippen molar-refractivity contribution >= 4 is 28.8 Å². The van der Waals surface area contributed by atoms with Crippen LogP contribution in [-0.2, 0) is 0 Å². The van der Waals surface area contributed by atoms with E-state index in [2.05, 4.69) is 15.3 Å². The molecule has 0 spiro atoms. The van der Waals surface area contributed by atoms with Crippen LogP contribution in [0.15, 0.2) is 30.3 Å². The van der Waals surface area contributed by atoms with Gasteiger partial charge in [-0.3, -0.25) is 0 Å². The number of nitrogens with one attached hydrogen (secondary N) is 1. The summed E-state index contributed by atoms with van der Waals surface area (Å²) < 4.78 is 5.60. The Balaban J connectivity index is 2.16. The molecular weight excluding hydrogens is 284 g/mol. The Labute approximate surface area is 129 Å². The number of aromatic nitrogens is 2. The minimum atomic E-state index is 0.150. The first-order chi connectivity index (χ1) is 9.94. The van der Waals surface area contributed by atoms with E-state index in [1.165, 1.54) is 0 Å². The van der Waals surface area contributed by atoms with Crippen molar-refractivity contribution in [3.05, 3.63) is 41.7 Å². The largest absolute Gasteiger partial charge is 0.491 e. The molecule has 0 bridgehead atoms. The van der Waals surface area contributed by atoms with Crippen LogP contribution in [0.3, 0.4) is 0 Å². The predicted molar refractivity (Wildman–Crippen MR) is 88.1 cm³/mol. The van der Waals surface area contributed by atoms with Gasteiger partial charge in [-0.05, 0) is 51.1 Å². The smallest absolute Gasteiger partial charge is 0.228 e. The molecule has 2 rings (SSSR count). The van der Waals surface area contributed by atoms with Crippen LogP contribution in [0.1, 0.15) is 25.2 Å². The van der Waals surface area contributed by atoms with Crippen molar-refractivity contribution in [3.63, 3.8) is 0 Å². The molecule has 0 fully saturated rings. The molecule has 2 aromatic rings. The van der Waals surface area contributed by atoms with Crippen LogP contribution in [-0.4, -0.2) is 21.1 Å². The molecule has 6 heteroatoms. The average Bonchev–Trinajstić information content (AvgIpc) is 2.39. The molecule has 1 heterocycles. The molecule has 0 aliphatic heterocycles. The highest BCUT2D eigenvalue weighted by atomic mass is 32.1. The average molecular weight is 302 g/mol. The topological polar surface area (TPSA) is 73.1 Å². The second-order valence-electron chi connectivity index (χ2n) is 4.90. The Morgan fingerprint density at radius 2 is 1.90 bits per heavy atom. The first-order valence-corrected chi connectivity index (χ1v) is 7.04. The first-order valence-electron chi connectivity index (χ1n) is 6.63. The molecule has 0 radical (unpaired) electrons. The highest BCUT2D eigenvalue weighted by Crippen LogP contribution is 2.19. The summed E-state index contributed by atoms with van der Waals surface area (Å²) in [5, 5.41) is 3.13. The Hall–Kier alpha value is -2.21. The highest BCUT2D eigenvalue weighted by molar-refractivity contribution is 7.80. The fraction of sp³-hybridized carbons (Fsp3) is 0.267. The summed E-state index contributed by atoms with van der Waals surface area (Å²) in [5.41, 5.74) is 7.83. The van der Waals surface area contributed by atoms with Crippen LogP contribution < -0.4 is 15.8 Å². The third-order valence-electron chi connectivity index (χ3n) is 2.59. The van der Waals surface area contributed by atoms with Crippen LogP contribution in [0.25, 0.3) is 0 Å². The molecule has 0 saturated heterocycles. The maximum absolute atomic E-state index is 5.61. The third-order valence-corrected chi connectivity index (χ3v) is 2.80. The lowest BCUT2D eigenvalue weighted by molar-refractivity contribution is 0.242. The number of benzene rings is 1. The number of hydrogen-bond donors (Lipinski definition) is 2. The van der Waals surface area contributed by atoms with E-state index >= 15 is 0 Å². The summed E-state index contributed by atoms with van der Waals surface area (Å²) in [6, 6.07) is 9.36. The van der Waals surface area contributed by atoms with Gasteiger partial charge >= 0.3 is 0 Å². The van der Waals surface area contributed by atoms with Crippen molar-refractivity contribution in [2.45, 2.75) is 26.9 Å². The Morgan fingerprint density at radius 1 is 1.24 bits per heavy atom. The summed E-state index contributed by atoms with van der Waals surface area (Å²) in [5.74, 6) is 1.29. The molecule has 0 atom stereocenters. The summed E-state index contributed by atoms with van der Waals surface area (Å²) in [4.78, 5) is 8.85. The van der Waals surface area contributed by atoms with E-state index in [4.69, 9.17) is 22.7 Å². The predicted octanol–water partition coefficient (Wildman–Crippen LogP) is 2.95. The molecule has 0 unspecified atom stereocenters. The zero-order valence-electron chi connectivity index (χ0n) is 12.3. The summed E-state index contributed by atoms with van der Waals surface area (Å²) in [6.45, 7) is 5.85. The van der Waals surface area contributed by atoms with E-state index in [-0.39, 0.29) is 11.1 Å². The maximum atomic E-state index is 5.61. The van der Waals surface area contributed by atoms with Crippen molar-refractivity contribution < 1.29 is 4.74 Å². The van der Waals surface area contributed by atoms with E-state index in [0.29, 0.717) is 11.6 Å². The molecule has 0 saturated carbocycles. The Kier molecular flexibility index (Phi) is 4.70. The van der Waals surface area contributed by atoms with Gasteiger partial charge in [0, 0.05) is 11.4 Å². The van der Waals surface area contributed by atoms with Gasteiger partial charge in [-0.1, -0.05) is 12.2 Å². The number of rotatable bonds is 5. The number of nitrogens with zero attached hydrogens (tertiary/aromatic N) is 2. The number of aryl methyl sites for hydroxylation is 1. The molecule has 0 aliphatic rings. The van der Waals surface area contributed by atoms with Crippen molar-refractivity contribution in [2.24, 2.45) is 5.73 Å². The van der Waals surface area contributed by atoms with E-state index in [0.717, 1.165) is 17.1 Å². The van der Waals surface area contributed by atoms with E-state index in [1.54, 1.807) is 6.07 Å². The number of hydrogen-bond acceptors (Lipinski definition) is 5. The zero-order valence-corrected chi connectivity index (χ0v) is 13.1. The second kappa shape index (κ2) is 6.49. The van der Waals surface area contributed by atoms with E-state index in [1.807, 2.05) is 45.0 Å². The molecule has 21 heavy (non-hydrogen) atoms. The van der Waals surface area contributed by atoms with E-state index < -0.39 is 0 Å². The molecular formula is C15H18N4OS. The normalized spacial score (nSPS) is 10.5. The van der Waals surface area contributed by atoms with Gasteiger partial charge < -0.3 is 15.8 Å². The summed E-state index contributed by atoms with van der Waals surface area (Å²) >= 11 is 4.95. The first kappa shape index (κ1) is 15.2. The van der Waals surface area contributed by atoms with Crippen molar-refractivity contribution in [2.75, 3.05) is 5.32 Å². The van der Waals surface area contributed by atoms with Gasteiger partial charge in [0.05, 0.1) is 6.10 Å². The fourth-order valence-corrected chi connectivity index (χ4v) is 1.87. The highest BCUT2D eigenvalue weighted by Gasteiger charge is 2.05.